The summed E-state index contributed by atoms with van der Waals surface area (Å²) in [7, 11) is 0. The summed E-state index contributed by atoms with van der Waals surface area (Å²) in [5.74, 6) is -0.470. The zero-order valence-electron chi connectivity index (χ0n) is 12.8. The first-order valence-electron chi connectivity index (χ1n) is 7.87. The van der Waals surface area contributed by atoms with Crippen LogP contribution in [0.3, 0.4) is 0 Å². The van der Waals surface area contributed by atoms with Gasteiger partial charge in [-0.15, -0.1) is 0 Å². The summed E-state index contributed by atoms with van der Waals surface area (Å²) in [6, 6.07) is 10.4. The molecule has 4 nitrogen and oxygen atoms in total. The van der Waals surface area contributed by atoms with E-state index in [-0.39, 0.29) is 11.5 Å². The van der Waals surface area contributed by atoms with Crippen molar-refractivity contribution in [1.29, 1.82) is 0 Å². The zero-order chi connectivity index (χ0) is 16.2. The number of rotatable bonds is 4. The molecule has 1 amide bonds. The molecule has 0 spiro atoms. The molecule has 0 bridgehead atoms. The van der Waals surface area contributed by atoms with Crippen LogP contribution in [-0.4, -0.2) is 24.0 Å². The van der Waals surface area contributed by atoms with Gasteiger partial charge in [0.15, 0.2) is 6.17 Å². The Bertz CT molecular complexity index is 684. The number of hydrogen-bond acceptors (Lipinski definition) is 3. The molecule has 23 heavy (non-hydrogen) atoms. The van der Waals surface area contributed by atoms with Gasteiger partial charge in [-0.05, 0) is 37.6 Å². The molecule has 0 radical (unpaired) electrons. The topological polar surface area (TPSA) is 68.0 Å². The normalized spacial score (nSPS) is 16.9. The van der Waals surface area contributed by atoms with E-state index >= 15 is 0 Å². The Morgan fingerprint density at radius 1 is 1.22 bits per heavy atom. The highest BCUT2D eigenvalue weighted by Crippen LogP contribution is 2.34. The molecule has 2 aromatic rings. The van der Waals surface area contributed by atoms with Crippen LogP contribution < -0.4 is 11.1 Å². The largest absolute Gasteiger partial charge is 0.366 e. The highest BCUT2D eigenvalue weighted by atomic mass is 19.1. The van der Waals surface area contributed by atoms with E-state index in [0.29, 0.717) is 16.8 Å². The van der Waals surface area contributed by atoms with Crippen molar-refractivity contribution in [3.05, 3.63) is 65.0 Å². The smallest absolute Gasteiger partial charge is 0.250 e. The number of piperidine rings is 1. The molecule has 1 fully saturated rings. The molecule has 0 saturated carbocycles. The molecular weight excluding hydrogens is 293 g/mol. The number of aromatic nitrogens is 1. The number of nitrogens with one attached hydrogen (secondary N) is 1. The Balaban J connectivity index is 2.04. The minimum atomic E-state index is -1.39. The van der Waals surface area contributed by atoms with Gasteiger partial charge in [-0.3, -0.25) is 9.78 Å². The molecular formula is C18H20FN3O. The fraction of sp³-hybridized carbons (Fsp3) is 0.333. The van der Waals surface area contributed by atoms with Gasteiger partial charge in [0.1, 0.15) is 0 Å². The van der Waals surface area contributed by atoms with Crippen LogP contribution in [0.1, 0.15) is 52.1 Å². The van der Waals surface area contributed by atoms with Crippen molar-refractivity contribution in [2.24, 2.45) is 5.73 Å². The van der Waals surface area contributed by atoms with E-state index in [1.165, 1.54) is 0 Å². The number of nitrogens with zero attached hydrogens (tertiary/aromatic N) is 1. The van der Waals surface area contributed by atoms with Gasteiger partial charge < -0.3 is 11.1 Å². The van der Waals surface area contributed by atoms with Gasteiger partial charge in [0.2, 0.25) is 0 Å². The summed E-state index contributed by atoms with van der Waals surface area (Å²) in [5.41, 5.74) is 7.28. The van der Waals surface area contributed by atoms with Crippen molar-refractivity contribution in [1.82, 2.24) is 10.3 Å². The Labute approximate surface area is 134 Å². The number of halogens is 1. The van der Waals surface area contributed by atoms with Crippen LogP contribution in [0.2, 0.25) is 0 Å². The van der Waals surface area contributed by atoms with Gasteiger partial charge in [-0.2, -0.15) is 0 Å². The number of amides is 1. The number of alkyl halides is 1. The SMILES string of the molecule is NC(=O)c1c(C(F)c2ccccc2)ccnc1C1CCNCC1. The van der Waals surface area contributed by atoms with Crippen LogP contribution in [0.5, 0.6) is 0 Å². The average molecular weight is 313 g/mol. The number of carbonyl (C=O) groups excluding carboxylic acids is 1. The molecule has 1 aromatic heterocycles. The van der Waals surface area contributed by atoms with E-state index in [9.17, 15) is 9.18 Å². The van der Waals surface area contributed by atoms with Crippen molar-refractivity contribution >= 4 is 5.91 Å². The zero-order valence-corrected chi connectivity index (χ0v) is 12.8. The molecule has 1 atom stereocenters. The van der Waals surface area contributed by atoms with Crippen LogP contribution in [0, 0.1) is 0 Å². The van der Waals surface area contributed by atoms with E-state index in [1.807, 2.05) is 6.07 Å². The monoisotopic (exact) mass is 313 g/mol. The minimum absolute atomic E-state index is 0.140. The summed E-state index contributed by atoms with van der Waals surface area (Å²) in [4.78, 5) is 16.4. The van der Waals surface area contributed by atoms with Crippen LogP contribution in [-0.2, 0) is 0 Å². The van der Waals surface area contributed by atoms with Gasteiger partial charge in [0.25, 0.3) is 5.91 Å². The second kappa shape index (κ2) is 6.87. The minimum Gasteiger partial charge on any atom is -0.366 e. The third-order valence-corrected chi connectivity index (χ3v) is 4.35. The van der Waals surface area contributed by atoms with Crippen LogP contribution in [0.15, 0.2) is 42.6 Å². The van der Waals surface area contributed by atoms with Crippen molar-refractivity contribution < 1.29 is 9.18 Å². The van der Waals surface area contributed by atoms with E-state index in [4.69, 9.17) is 5.73 Å². The Morgan fingerprint density at radius 3 is 2.57 bits per heavy atom. The van der Waals surface area contributed by atoms with E-state index in [0.717, 1.165) is 25.9 Å². The third kappa shape index (κ3) is 3.24. The maximum Gasteiger partial charge on any atom is 0.250 e. The van der Waals surface area contributed by atoms with E-state index < -0.39 is 12.1 Å². The first-order chi connectivity index (χ1) is 11.2. The molecule has 1 saturated heterocycles. The lowest BCUT2D eigenvalue weighted by atomic mass is 9.87. The summed E-state index contributed by atoms with van der Waals surface area (Å²) < 4.78 is 15.0. The van der Waals surface area contributed by atoms with E-state index in [1.54, 1.807) is 36.5 Å². The predicted molar refractivity (Wildman–Crippen MR) is 87.0 cm³/mol. The molecule has 5 heteroatoms. The van der Waals surface area contributed by atoms with Gasteiger partial charge in [-0.25, -0.2) is 4.39 Å². The second-order valence-electron chi connectivity index (χ2n) is 5.82. The predicted octanol–water partition coefficient (Wildman–Crippen LogP) is 2.71. The standard InChI is InChI=1S/C18H20FN3O/c19-16(12-4-2-1-3-5-12)14-8-11-22-17(15(14)18(20)23)13-6-9-21-10-7-13/h1-5,8,11,13,16,21H,6-7,9-10H2,(H2,20,23). The number of benzene rings is 1. The molecule has 1 aliphatic heterocycles. The van der Waals surface area contributed by atoms with Crippen LogP contribution in [0.4, 0.5) is 4.39 Å². The maximum atomic E-state index is 15.0. The Hall–Kier alpha value is -2.27. The summed E-state index contributed by atoms with van der Waals surface area (Å²) in [5, 5.41) is 3.28. The van der Waals surface area contributed by atoms with Gasteiger partial charge in [0, 0.05) is 17.7 Å². The van der Waals surface area contributed by atoms with Crippen molar-refractivity contribution in [2.75, 3.05) is 13.1 Å². The lowest BCUT2D eigenvalue weighted by molar-refractivity contribution is 0.0995. The summed E-state index contributed by atoms with van der Waals surface area (Å²) in [6.45, 7) is 1.74. The number of pyridine rings is 1. The first-order valence-corrected chi connectivity index (χ1v) is 7.87. The van der Waals surface area contributed by atoms with Crippen LogP contribution in [0.25, 0.3) is 0 Å². The molecule has 0 aliphatic carbocycles. The molecule has 2 heterocycles. The lowest BCUT2D eigenvalue weighted by Crippen LogP contribution is -2.29. The van der Waals surface area contributed by atoms with Gasteiger partial charge in [-0.1, -0.05) is 30.3 Å². The molecule has 1 aromatic carbocycles. The van der Waals surface area contributed by atoms with Crippen molar-refractivity contribution in [3.63, 3.8) is 0 Å². The second-order valence-corrected chi connectivity index (χ2v) is 5.82. The summed E-state index contributed by atoms with van der Waals surface area (Å²) in [6.07, 6.45) is 1.94. The van der Waals surface area contributed by atoms with Crippen molar-refractivity contribution in [3.8, 4) is 0 Å². The highest BCUT2D eigenvalue weighted by molar-refractivity contribution is 5.96. The first kappa shape index (κ1) is 15.6. The van der Waals surface area contributed by atoms with Gasteiger partial charge >= 0.3 is 0 Å². The molecule has 3 N–H and O–H groups in total. The average Bonchev–Trinajstić information content (AvgIpc) is 2.62. The number of hydrogen-bond donors (Lipinski definition) is 2. The molecule has 1 aliphatic rings. The van der Waals surface area contributed by atoms with E-state index in [2.05, 4.69) is 10.3 Å². The fourth-order valence-corrected chi connectivity index (χ4v) is 3.18. The van der Waals surface area contributed by atoms with Gasteiger partial charge in [0.05, 0.1) is 11.3 Å². The number of nitrogens with two attached hydrogens (primary N) is 1. The fourth-order valence-electron chi connectivity index (χ4n) is 3.18. The van der Waals surface area contributed by atoms with Crippen LogP contribution >= 0.6 is 0 Å². The summed E-state index contributed by atoms with van der Waals surface area (Å²) >= 11 is 0. The van der Waals surface area contributed by atoms with Crippen molar-refractivity contribution in [2.45, 2.75) is 24.9 Å². The maximum absolute atomic E-state index is 15.0. The Morgan fingerprint density at radius 2 is 1.91 bits per heavy atom. The molecule has 120 valence electrons. The number of primary amides is 1. The lowest BCUT2D eigenvalue weighted by Gasteiger charge is -2.25. The molecule has 1 unspecified atom stereocenters. The third-order valence-electron chi connectivity index (χ3n) is 4.35. The quantitative estimate of drug-likeness (QED) is 0.912. The highest BCUT2D eigenvalue weighted by Gasteiger charge is 2.27. The Kier molecular flexibility index (Phi) is 4.67. The number of carbonyl (C=O) groups is 1. The molecule has 3 rings (SSSR count).